The maximum Gasteiger partial charge on any atom is 0.226 e. The van der Waals surface area contributed by atoms with Gasteiger partial charge in [-0.15, -0.1) is 22.7 Å². The molecule has 0 aromatic carbocycles. The van der Waals surface area contributed by atoms with E-state index in [2.05, 4.69) is 47.1 Å². The summed E-state index contributed by atoms with van der Waals surface area (Å²) in [4.78, 5) is 30.1. The molecule has 0 radical (unpaired) electrons. The molecule has 0 atom stereocenters. The van der Waals surface area contributed by atoms with E-state index in [1.165, 1.54) is 20.7 Å². The van der Waals surface area contributed by atoms with Crippen LogP contribution in [0.5, 0.6) is 0 Å². The molecule has 148 valence electrons. The third kappa shape index (κ3) is 3.65. The number of fused-ring (bicyclic) bond motifs is 1. The van der Waals surface area contributed by atoms with Crippen LogP contribution in [-0.4, -0.2) is 40.4 Å². The molecule has 3 aromatic heterocycles. The predicted molar refractivity (Wildman–Crippen MR) is 117 cm³/mol. The van der Waals surface area contributed by atoms with Crippen LogP contribution in [0.2, 0.25) is 0 Å². The van der Waals surface area contributed by atoms with Crippen LogP contribution in [0.3, 0.4) is 0 Å². The van der Waals surface area contributed by atoms with Gasteiger partial charge in [0.2, 0.25) is 5.91 Å². The second kappa shape index (κ2) is 8.17. The molecular weight excluding hydrogens is 388 g/mol. The minimum Gasteiger partial charge on any atom is -0.356 e. The molecule has 4 rings (SSSR count). The number of carbonyl (C=O) groups is 1. The van der Waals surface area contributed by atoms with Crippen molar-refractivity contribution >= 4 is 44.6 Å². The molecule has 0 N–H and O–H groups in total. The number of aromatic nitrogens is 2. The van der Waals surface area contributed by atoms with Crippen LogP contribution in [0.1, 0.15) is 35.1 Å². The second-order valence-corrected chi connectivity index (χ2v) is 9.59. The Balaban J connectivity index is 1.45. The van der Waals surface area contributed by atoms with Crippen molar-refractivity contribution < 1.29 is 4.79 Å². The van der Waals surface area contributed by atoms with E-state index >= 15 is 0 Å². The van der Waals surface area contributed by atoms with E-state index in [-0.39, 0.29) is 5.92 Å². The van der Waals surface area contributed by atoms with Crippen molar-refractivity contribution in [2.75, 3.05) is 24.5 Å². The highest BCUT2D eigenvalue weighted by Gasteiger charge is 2.29. The molecule has 1 aliphatic heterocycles. The van der Waals surface area contributed by atoms with Gasteiger partial charge in [-0.25, -0.2) is 9.97 Å². The van der Waals surface area contributed by atoms with E-state index < -0.39 is 0 Å². The van der Waals surface area contributed by atoms with Crippen LogP contribution in [-0.2, 0) is 11.3 Å². The smallest absolute Gasteiger partial charge is 0.226 e. The standard InChI is InChI=1S/C21H26N4OS2/c1-4-24(12-17-6-5-11-27-17)21(26)16-7-9-25(10-8-16)19-18-14(2)15(3)28-20(18)23-13-22-19/h5-6,11,13,16H,4,7-10,12H2,1-3H3. The largest absolute Gasteiger partial charge is 0.356 e. The first-order chi connectivity index (χ1) is 13.6. The summed E-state index contributed by atoms with van der Waals surface area (Å²) in [5, 5.41) is 3.26. The quantitative estimate of drug-likeness (QED) is 0.610. The lowest BCUT2D eigenvalue weighted by Gasteiger charge is -2.34. The predicted octanol–water partition coefficient (Wildman–Crippen LogP) is 4.63. The zero-order valence-corrected chi connectivity index (χ0v) is 18.3. The van der Waals surface area contributed by atoms with Crippen LogP contribution in [0.4, 0.5) is 5.82 Å². The Bertz CT molecular complexity index is 958. The fourth-order valence-corrected chi connectivity index (χ4v) is 5.65. The number of thiophene rings is 2. The van der Waals surface area contributed by atoms with Crippen molar-refractivity contribution in [2.45, 2.75) is 40.2 Å². The normalized spacial score (nSPS) is 15.3. The lowest BCUT2D eigenvalue weighted by molar-refractivity contribution is -0.136. The Morgan fingerprint density at radius 3 is 2.75 bits per heavy atom. The molecular formula is C21H26N4OS2. The van der Waals surface area contributed by atoms with Crippen LogP contribution >= 0.6 is 22.7 Å². The minimum absolute atomic E-state index is 0.110. The zero-order chi connectivity index (χ0) is 19.7. The molecule has 1 amide bonds. The molecule has 7 heteroatoms. The first kappa shape index (κ1) is 19.3. The third-order valence-corrected chi connectivity index (χ3v) is 7.69. The van der Waals surface area contributed by atoms with E-state index in [0.29, 0.717) is 5.91 Å². The Hall–Kier alpha value is -1.99. The molecule has 1 fully saturated rings. The van der Waals surface area contributed by atoms with Crippen LogP contribution < -0.4 is 4.90 Å². The first-order valence-corrected chi connectivity index (χ1v) is 11.5. The number of carbonyl (C=O) groups excluding carboxylic acids is 1. The number of anilines is 1. The highest BCUT2D eigenvalue weighted by atomic mass is 32.1. The van der Waals surface area contributed by atoms with Crippen molar-refractivity contribution in [3.8, 4) is 0 Å². The van der Waals surface area contributed by atoms with Gasteiger partial charge in [-0.2, -0.15) is 0 Å². The van der Waals surface area contributed by atoms with Gasteiger partial charge in [0, 0.05) is 35.3 Å². The number of amides is 1. The Morgan fingerprint density at radius 1 is 1.29 bits per heavy atom. The van der Waals surface area contributed by atoms with E-state index in [1.54, 1.807) is 29.0 Å². The number of hydrogen-bond donors (Lipinski definition) is 0. The maximum absolute atomic E-state index is 13.1. The molecule has 0 spiro atoms. The number of hydrogen-bond acceptors (Lipinski definition) is 6. The lowest BCUT2D eigenvalue weighted by atomic mass is 9.95. The summed E-state index contributed by atoms with van der Waals surface area (Å²) in [5.41, 5.74) is 1.28. The molecule has 4 heterocycles. The van der Waals surface area contributed by atoms with Gasteiger partial charge in [-0.1, -0.05) is 6.07 Å². The average molecular weight is 415 g/mol. The van der Waals surface area contributed by atoms with E-state index in [1.807, 2.05) is 11.0 Å². The molecule has 1 saturated heterocycles. The Morgan fingerprint density at radius 2 is 2.07 bits per heavy atom. The Kier molecular flexibility index (Phi) is 5.64. The molecule has 0 unspecified atom stereocenters. The Labute approximate surface area is 174 Å². The first-order valence-electron chi connectivity index (χ1n) is 9.85. The van der Waals surface area contributed by atoms with Gasteiger partial charge in [0.1, 0.15) is 17.0 Å². The van der Waals surface area contributed by atoms with Gasteiger partial charge >= 0.3 is 0 Å². The maximum atomic E-state index is 13.1. The summed E-state index contributed by atoms with van der Waals surface area (Å²) in [7, 11) is 0. The number of aryl methyl sites for hydroxylation is 2. The van der Waals surface area contributed by atoms with Crippen molar-refractivity contribution in [1.82, 2.24) is 14.9 Å². The van der Waals surface area contributed by atoms with Gasteiger partial charge in [0.15, 0.2) is 0 Å². The van der Waals surface area contributed by atoms with Gasteiger partial charge in [0.05, 0.1) is 11.9 Å². The molecule has 0 bridgehead atoms. The summed E-state index contributed by atoms with van der Waals surface area (Å²) < 4.78 is 0. The summed E-state index contributed by atoms with van der Waals surface area (Å²) in [6.07, 6.45) is 3.44. The summed E-state index contributed by atoms with van der Waals surface area (Å²) in [5.74, 6) is 1.44. The van der Waals surface area contributed by atoms with Crippen molar-refractivity contribution in [2.24, 2.45) is 5.92 Å². The molecule has 0 saturated carbocycles. The van der Waals surface area contributed by atoms with E-state index in [4.69, 9.17) is 0 Å². The molecule has 0 aliphatic carbocycles. The van der Waals surface area contributed by atoms with Crippen molar-refractivity contribution in [1.29, 1.82) is 0 Å². The highest BCUT2D eigenvalue weighted by molar-refractivity contribution is 7.18. The van der Waals surface area contributed by atoms with Crippen molar-refractivity contribution in [3.05, 3.63) is 39.2 Å². The highest BCUT2D eigenvalue weighted by Crippen LogP contribution is 2.35. The third-order valence-electron chi connectivity index (χ3n) is 5.71. The van der Waals surface area contributed by atoms with Crippen LogP contribution in [0.15, 0.2) is 23.8 Å². The van der Waals surface area contributed by atoms with Crippen molar-refractivity contribution in [3.63, 3.8) is 0 Å². The van der Waals surface area contributed by atoms with Gasteiger partial charge in [0.25, 0.3) is 0 Å². The number of nitrogens with zero attached hydrogens (tertiary/aromatic N) is 4. The SMILES string of the molecule is CCN(Cc1cccs1)C(=O)C1CCN(c2ncnc3sc(C)c(C)c23)CC1. The van der Waals surface area contributed by atoms with Gasteiger partial charge in [-0.05, 0) is 50.6 Å². The average Bonchev–Trinajstić information content (AvgIpc) is 3.34. The van der Waals surface area contributed by atoms with Crippen LogP contribution in [0, 0.1) is 19.8 Å². The molecule has 1 aliphatic rings. The molecule has 28 heavy (non-hydrogen) atoms. The summed E-state index contributed by atoms with van der Waals surface area (Å²) >= 11 is 3.45. The number of piperidine rings is 1. The molecule has 3 aromatic rings. The zero-order valence-electron chi connectivity index (χ0n) is 16.6. The fraction of sp³-hybridized carbons (Fsp3) is 0.476. The van der Waals surface area contributed by atoms with E-state index in [9.17, 15) is 4.79 Å². The lowest BCUT2D eigenvalue weighted by Crippen LogP contribution is -2.42. The van der Waals surface area contributed by atoms with Gasteiger partial charge in [-0.3, -0.25) is 4.79 Å². The molecule has 5 nitrogen and oxygen atoms in total. The summed E-state index contributed by atoms with van der Waals surface area (Å²) in [6, 6.07) is 4.15. The second-order valence-electron chi connectivity index (χ2n) is 7.35. The fourth-order valence-electron chi connectivity index (χ4n) is 3.94. The topological polar surface area (TPSA) is 49.3 Å². The van der Waals surface area contributed by atoms with E-state index in [0.717, 1.165) is 49.7 Å². The van der Waals surface area contributed by atoms with Gasteiger partial charge < -0.3 is 9.80 Å². The summed E-state index contributed by atoms with van der Waals surface area (Å²) in [6.45, 7) is 9.59. The minimum atomic E-state index is 0.110. The number of rotatable bonds is 5. The van der Waals surface area contributed by atoms with Crippen LogP contribution in [0.25, 0.3) is 10.2 Å². The monoisotopic (exact) mass is 414 g/mol.